The fourth-order valence-electron chi connectivity index (χ4n) is 4.23. The molecule has 0 saturated carbocycles. The van der Waals surface area contributed by atoms with E-state index < -0.39 is 0 Å². The average molecular weight is 409 g/mol. The summed E-state index contributed by atoms with van der Waals surface area (Å²) in [6, 6.07) is 28.1. The van der Waals surface area contributed by atoms with Gasteiger partial charge in [-0.25, -0.2) is 0 Å². The van der Waals surface area contributed by atoms with E-state index in [1.807, 2.05) is 54.6 Å². The number of benzene rings is 3. The van der Waals surface area contributed by atoms with Crippen LogP contribution in [-0.4, -0.2) is 35.2 Å². The number of rotatable bonds is 4. The number of hydrogen-bond acceptors (Lipinski definition) is 4. The van der Waals surface area contributed by atoms with Crippen molar-refractivity contribution in [2.75, 3.05) is 18.0 Å². The predicted molar refractivity (Wildman–Crippen MR) is 124 cm³/mol. The van der Waals surface area contributed by atoms with Crippen molar-refractivity contribution in [1.29, 1.82) is 0 Å². The predicted octanol–water partition coefficient (Wildman–Crippen LogP) is 4.70. The summed E-state index contributed by atoms with van der Waals surface area (Å²) in [5, 5.41) is 14.6. The summed E-state index contributed by atoms with van der Waals surface area (Å²) in [6.45, 7) is 1.67. The van der Waals surface area contributed by atoms with Crippen LogP contribution in [-0.2, 0) is 0 Å². The topological polar surface area (TPSA) is 58.1 Å². The molecule has 1 amide bonds. The van der Waals surface area contributed by atoms with Gasteiger partial charge in [-0.3, -0.25) is 4.79 Å². The minimum atomic E-state index is -0.00324. The van der Waals surface area contributed by atoms with Gasteiger partial charge < -0.3 is 10.2 Å². The molecule has 5 heteroatoms. The monoisotopic (exact) mass is 408 g/mol. The van der Waals surface area contributed by atoms with Gasteiger partial charge in [-0.05, 0) is 25.0 Å². The highest BCUT2D eigenvalue weighted by molar-refractivity contribution is 6.00. The van der Waals surface area contributed by atoms with Crippen molar-refractivity contribution in [2.24, 2.45) is 0 Å². The number of piperidine rings is 1. The lowest BCUT2D eigenvalue weighted by molar-refractivity contribution is 0.0931. The van der Waals surface area contributed by atoms with Crippen LogP contribution in [0.4, 0.5) is 5.82 Å². The number of fused-ring (bicyclic) bond motifs is 1. The number of nitrogens with one attached hydrogen (secondary N) is 1. The van der Waals surface area contributed by atoms with Crippen LogP contribution in [0.15, 0.2) is 84.9 Å². The molecule has 31 heavy (non-hydrogen) atoms. The van der Waals surface area contributed by atoms with E-state index in [2.05, 4.69) is 50.7 Å². The minimum absolute atomic E-state index is 0.00324. The second-order valence-electron chi connectivity index (χ2n) is 7.88. The normalized spacial score (nSPS) is 14.5. The molecule has 0 spiro atoms. The number of carbonyl (C=O) groups excluding carboxylic acids is 1. The van der Waals surface area contributed by atoms with Crippen molar-refractivity contribution >= 4 is 22.5 Å². The van der Waals surface area contributed by atoms with Gasteiger partial charge in [0.2, 0.25) is 0 Å². The van der Waals surface area contributed by atoms with E-state index in [9.17, 15) is 4.79 Å². The van der Waals surface area contributed by atoms with Crippen LogP contribution in [0.2, 0.25) is 0 Å². The highest BCUT2D eigenvalue weighted by atomic mass is 16.1. The lowest BCUT2D eigenvalue weighted by atomic mass is 10.0. The fraction of sp³-hybridized carbons (Fsp3) is 0.192. The summed E-state index contributed by atoms with van der Waals surface area (Å²) in [7, 11) is 0. The third-order valence-corrected chi connectivity index (χ3v) is 5.88. The van der Waals surface area contributed by atoms with E-state index in [0.717, 1.165) is 53.8 Å². The Morgan fingerprint density at radius 1 is 0.774 bits per heavy atom. The molecule has 1 fully saturated rings. The molecular formula is C26H24N4O. The number of hydrogen-bond donors (Lipinski definition) is 1. The zero-order valence-corrected chi connectivity index (χ0v) is 17.2. The van der Waals surface area contributed by atoms with Crippen LogP contribution in [0.1, 0.15) is 23.2 Å². The Balaban J connectivity index is 1.34. The molecule has 1 aliphatic rings. The maximum Gasteiger partial charge on any atom is 0.251 e. The molecule has 154 valence electrons. The smallest absolute Gasteiger partial charge is 0.251 e. The molecule has 0 unspecified atom stereocenters. The Bertz CT molecular complexity index is 1190. The number of nitrogens with zero attached hydrogens (tertiary/aromatic N) is 3. The van der Waals surface area contributed by atoms with Gasteiger partial charge in [0.1, 0.15) is 5.69 Å². The van der Waals surface area contributed by atoms with Gasteiger partial charge in [0, 0.05) is 41.0 Å². The first-order chi connectivity index (χ1) is 15.3. The standard InChI is InChI=1S/C26H24N4O/c31-26(20-11-5-2-6-12-20)27-21-15-17-30(18-16-21)25-23-14-8-7-13-22(23)24(28-29-25)19-9-3-1-4-10-19/h1-14,21H,15-18H2,(H,27,31). The third kappa shape index (κ3) is 3.99. The van der Waals surface area contributed by atoms with Gasteiger partial charge in [0.15, 0.2) is 5.82 Å². The number of aromatic nitrogens is 2. The Hall–Kier alpha value is -3.73. The molecule has 2 heterocycles. The maximum absolute atomic E-state index is 12.5. The van der Waals surface area contributed by atoms with Gasteiger partial charge in [0.25, 0.3) is 5.91 Å². The second kappa shape index (κ2) is 8.56. The zero-order valence-electron chi connectivity index (χ0n) is 17.2. The van der Waals surface area contributed by atoms with Gasteiger partial charge in [-0.1, -0.05) is 72.8 Å². The first-order valence-corrected chi connectivity index (χ1v) is 10.7. The molecule has 1 saturated heterocycles. The van der Waals surface area contributed by atoms with Gasteiger partial charge in [-0.2, -0.15) is 0 Å². The summed E-state index contributed by atoms with van der Waals surface area (Å²) in [4.78, 5) is 14.8. The van der Waals surface area contributed by atoms with Crippen molar-refractivity contribution in [2.45, 2.75) is 18.9 Å². The summed E-state index contributed by atoms with van der Waals surface area (Å²) in [5.41, 5.74) is 2.68. The van der Waals surface area contributed by atoms with E-state index in [0.29, 0.717) is 5.56 Å². The SMILES string of the molecule is O=C(NC1CCN(c2nnc(-c3ccccc3)c3ccccc23)CC1)c1ccccc1. The average Bonchev–Trinajstić information content (AvgIpc) is 2.85. The van der Waals surface area contributed by atoms with Crippen LogP contribution in [0.5, 0.6) is 0 Å². The Morgan fingerprint density at radius 2 is 1.39 bits per heavy atom. The van der Waals surface area contributed by atoms with Crippen LogP contribution >= 0.6 is 0 Å². The molecule has 0 radical (unpaired) electrons. The molecule has 4 aromatic rings. The molecule has 5 nitrogen and oxygen atoms in total. The fourth-order valence-corrected chi connectivity index (χ4v) is 4.23. The van der Waals surface area contributed by atoms with Crippen LogP contribution < -0.4 is 10.2 Å². The minimum Gasteiger partial charge on any atom is -0.354 e. The lowest BCUT2D eigenvalue weighted by Crippen LogP contribution is -2.45. The molecular weight excluding hydrogens is 384 g/mol. The van der Waals surface area contributed by atoms with E-state index in [4.69, 9.17) is 0 Å². The molecule has 5 rings (SSSR count). The third-order valence-electron chi connectivity index (χ3n) is 5.88. The largest absolute Gasteiger partial charge is 0.354 e. The molecule has 0 bridgehead atoms. The summed E-state index contributed by atoms with van der Waals surface area (Å²) in [5.74, 6) is 0.916. The molecule has 3 aromatic carbocycles. The highest BCUT2D eigenvalue weighted by Gasteiger charge is 2.24. The van der Waals surface area contributed by atoms with Crippen molar-refractivity contribution in [3.63, 3.8) is 0 Å². The number of carbonyl (C=O) groups is 1. The molecule has 1 aromatic heterocycles. The summed E-state index contributed by atoms with van der Waals surface area (Å²) < 4.78 is 0. The van der Waals surface area contributed by atoms with Crippen molar-refractivity contribution in [3.05, 3.63) is 90.5 Å². The first-order valence-electron chi connectivity index (χ1n) is 10.7. The van der Waals surface area contributed by atoms with Gasteiger partial charge >= 0.3 is 0 Å². The van der Waals surface area contributed by atoms with Crippen molar-refractivity contribution in [1.82, 2.24) is 15.5 Å². The van der Waals surface area contributed by atoms with E-state index in [-0.39, 0.29) is 11.9 Å². The quantitative estimate of drug-likeness (QED) is 0.532. The Kier molecular flexibility index (Phi) is 5.31. The first kappa shape index (κ1) is 19.2. The molecule has 0 aliphatic carbocycles. The van der Waals surface area contributed by atoms with Gasteiger partial charge in [-0.15, -0.1) is 10.2 Å². The summed E-state index contributed by atoms with van der Waals surface area (Å²) >= 11 is 0. The van der Waals surface area contributed by atoms with Crippen LogP contribution in [0.3, 0.4) is 0 Å². The molecule has 0 atom stereocenters. The van der Waals surface area contributed by atoms with E-state index >= 15 is 0 Å². The highest BCUT2D eigenvalue weighted by Crippen LogP contribution is 2.32. The van der Waals surface area contributed by atoms with Crippen LogP contribution in [0.25, 0.3) is 22.0 Å². The zero-order chi connectivity index (χ0) is 21.0. The Morgan fingerprint density at radius 3 is 2.10 bits per heavy atom. The maximum atomic E-state index is 12.5. The molecule has 1 aliphatic heterocycles. The Labute approximate surface area is 181 Å². The summed E-state index contributed by atoms with van der Waals surface area (Å²) in [6.07, 6.45) is 1.77. The van der Waals surface area contributed by atoms with Gasteiger partial charge in [0.05, 0.1) is 0 Å². The van der Waals surface area contributed by atoms with Crippen molar-refractivity contribution in [3.8, 4) is 11.3 Å². The second-order valence-corrected chi connectivity index (χ2v) is 7.88. The number of anilines is 1. The van der Waals surface area contributed by atoms with Crippen LogP contribution in [0, 0.1) is 0 Å². The number of amides is 1. The van der Waals surface area contributed by atoms with E-state index in [1.165, 1.54) is 0 Å². The molecule has 1 N–H and O–H groups in total. The van der Waals surface area contributed by atoms with Crippen molar-refractivity contribution < 1.29 is 4.79 Å². The van der Waals surface area contributed by atoms with E-state index in [1.54, 1.807) is 0 Å². The lowest BCUT2D eigenvalue weighted by Gasteiger charge is -2.33.